The number of nitrogens with zero attached hydrogens (tertiary/aromatic N) is 1. The van der Waals surface area contributed by atoms with E-state index in [1.807, 2.05) is 36.4 Å². The summed E-state index contributed by atoms with van der Waals surface area (Å²) in [7, 11) is 0. The first kappa shape index (κ1) is 15.5. The lowest BCUT2D eigenvalue weighted by Crippen LogP contribution is -2.17. The molecule has 0 aliphatic heterocycles. The summed E-state index contributed by atoms with van der Waals surface area (Å²) in [5.41, 5.74) is 3.85. The fourth-order valence-corrected chi connectivity index (χ4v) is 2.55. The number of fused-ring (bicyclic) bond motifs is 1. The maximum atomic E-state index is 12.3. The minimum atomic E-state index is -0.266. The first-order valence-corrected chi connectivity index (χ1v) is 7.67. The summed E-state index contributed by atoms with van der Waals surface area (Å²) >= 11 is 11.8. The SMILES string of the molecule is O=C(N/N=C\c1ccc(Cl)c(Cl)c1)c1cccc2ccccc12. The van der Waals surface area contributed by atoms with Crippen LogP contribution < -0.4 is 5.43 Å². The predicted molar refractivity (Wildman–Crippen MR) is 95.5 cm³/mol. The van der Waals surface area contributed by atoms with Crippen molar-refractivity contribution in [1.82, 2.24) is 5.43 Å². The third-order valence-electron chi connectivity index (χ3n) is 3.36. The molecule has 0 radical (unpaired) electrons. The zero-order valence-electron chi connectivity index (χ0n) is 12.0. The molecule has 3 rings (SSSR count). The molecule has 0 spiro atoms. The van der Waals surface area contributed by atoms with Gasteiger partial charge in [-0.15, -0.1) is 0 Å². The van der Waals surface area contributed by atoms with Gasteiger partial charge < -0.3 is 0 Å². The van der Waals surface area contributed by atoms with Gasteiger partial charge in [0.25, 0.3) is 5.91 Å². The first-order chi connectivity index (χ1) is 11.1. The van der Waals surface area contributed by atoms with Gasteiger partial charge in [0.15, 0.2) is 0 Å². The van der Waals surface area contributed by atoms with E-state index in [1.54, 1.807) is 24.3 Å². The Morgan fingerprint density at radius 3 is 2.57 bits per heavy atom. The Morgan fingerprint density at radius 1 is 0.957 bits per heavy atom. The van der Waals surface area contributed by atoms with Crippen molar-refractivity contribution in [2.45, 2.75) is 0 Å². The highest BCUT2D eigenvalue weighted by Gasteiger charge is 2.08. The summed E-state index contributed by atoms with van der Waals surface area (Å²) in [6.45, 7) is 0. The first-order valence-electron chi connectivity index (χ1n) is 6.91. The summed E-state index contributed by atoms with van der Waals surface area (Å²) in [6.07, 6.45) is 1.52. The largest absolute Gasteiger partial charge is 0.271 e. The van der Waals surface area contributed by atoms with Crippen LogP contribution in [0.4, 0.5) is 0 Å². The van der Waals surface area contributed by atoms with Crippen molar-refractivity contribution in [1.29, 1.82) is 0 Å². The number of halogens is 2. The lowest BCUT2D eigenvalue weighted by Gasteiger charge is -2.04. The molecule has 0 saturated carbocycles. The van der Waals surface area contributed by atoms with Gasteiger partial charge in [-0.25, -0.2) is 5.43 Å². The molecule has 0 fully saturated rings. The van der Waals surface area contributed by atoms with E-state index in [0.29, 0.717) is 15.6 Å². The second kappa shape index (κ2) is 6.82. The van der Waals surface area contributed by atoms with Gasteiger partial charge in [-0.05, 0) is 34.5 Å². The maximum absolute atomic E-state index is 12.3. The Balaban J connectivity index is 1.78. The van der Waals surface area contributed by atoms with Crippen molar-refractivity contribution in [3.8, 4) is 0 Å². The lowest BCUT2D eigenvalue weighted by atomic mass is 10.0. The molecule has 1 N–H and O–H groups in total. The van der Waals surface area contributed by atoms with E-state index in [1.165, 1.54) is 6.21 Å². The predicted octanol–water partition coefficient (Wildman–Crippen LogP) is 4.91. The Morgan fingerprint density at radius 2 is 1.74 bits per heavy atom. The summed E-state index contributed by atoms with van der Waals surface area (Å²) in [4.78, 5) is 12.3. The van der Waals surface area contributed by atoms with Crippen molar-refractivity contribution in [2.75, 3.05) is 0 Å². The zero-order chi connectivity index (χ0) is 16.2. The average molecular weight is 343 g/mol. The Labute approximate surface area is 143 Å². The highest BCUT2D eigenvalue weighted by molar-refractivity contribution is 6.42. The second-order valence-corrected chi connectivity index (χ2v) is 5.71. The van der Waals surface area contributed by atoms with Crippen LogP contribution in [0.2, 0.25) is 10.0 Å². The van der Waals surface area contributed by atoms with Gasteiger partial charge in [-0.1, -0.05) is 65.7 Å². The maximum Gasteiger partial charge on any atom is 0.271 e. The summed E-state index contributed by atoms with van der Waals surface area (Å²) in [5, 5.41) is 6.78. The number of carbonyl (C=O) groups is 1. The van der Waals surface area contributed by atoms with Gasteiger partial charge in [0.2, 0.25) is 0 Å². The van der Waals surface area contributed by atoms with Gasteiger partial charge in [0.05, 0.1) is 16.3 Å². The van der Waals surface area contributed by atoms with Crippen LogP contribution in [0.25, 0.3) is 10.8 Å². The molecule has 0 atom stereocenters. The van der Waals surface area contributed by atoms with Crippen molar-refractivity contribution in [2.24, 2.45) is 5.10 Å². The Kier molecular flexibility index (Phi) is 4.60. The summed E-state index contributed by atoms with van der Waals surface area (Å²) in [6, 6.07) is 18.4. The molecule has 1 amide bonds. The van der Waals surface area contributed by atoms with E-state index in [0.717, 1.165) is 16.3 Å². The zero-order valence-corrected chi connectivity index (χ0v) is 13.5. The molecule has 114 valence electrons. The second-order valence-electron chi connectivity index (χ2n) is 4.90. The summed E-state index contributed by atoms with van der Waals surface area (Å²) in [5.74, 6) is -0.266. The van der Waals surface area contributed by atoms with Crippen molar-refractivity contribution < 1.29 is 4.79 Å². The number of amides is 1. The topological polar surface area (TPSA) is 41.5 Å². The molecule has 0 heterocycles. The number of carbonyl (C=O) groups excluding carboxylic acids is 1. The third kappa shape index (κ3) is 3.52. The smallest absolute Gasteiger partial charge is 0.267 e. The minimum Gasteiger partial charge on any atom is -0.267 e. The molecule has 3 nitrogen and oxygen atoms in total. The molecule has 0 aromatic heterocycles. The standard InChI is InChI=1S/C18H12Cl2N2O/c19-16-9-8-12(10-17(16)20)11-21-22-18(23)15-7-3-5-13-4-1-2-6-14(13)15/h1-11H,(H,22,23)/b21-11-. The van der Waals surface area contributed by atoms with Crippen LogP contribution in [0.3, 0.4) is 0 Å². The van der Waals surface area contributed by atoms with E-state index in [2.05, 4.69) is 10.5 Å². The Hall–Kier alpha value is -2.36. The molecule has 0 unspecified atom stereocenters. The van der Waals surface area contributed by atoms with Crippen LogP contribution in [0.5, 0.6) is 0 Å². The normalized spacial score (nSPS) is 11.0. The van der Waals surface area contributed by atoms with Crippen LogP contribution in [0, 0.1) is 0 Å². The van der Waals surface area contributed by atoms with Gasteiger partial charge in [-0.3, -0.25) is 4.79 Å². The van der Waals surface area contributed by atoms with Gasteiger partial charge in [-0.2, -0.15) is 5.10 Å². The molecule has 23 heavy (non-hydrogen) atoms. The molecule has 0 aliphatic rings. The highest BCUT2D eigenvalue weighted by atomic mass is 35.5. The fourth-order valence-electron chi connectivity index (χ4n) is 2.24. The Bertz CT molecular complexity index is 901. The van der Waals surface area contributed by atoms with E-state index < -0.39 is 0 Å². The minimum absolute atomic E-state index is 0.266. The van der Waals surface area contributed by atoms with E-state index >= 15 is 0 Å². The van der Waals surface area contributed by atoms with Crippen LogP contribution in [0.15, 0.2) is 65.8 Å². The van der Waals surface area contributed by atoms with Gasteiger partial charge >= 0.3 is 0 Å². The molecule has 3 aromatic carbocycles. The van der Waals surface area contributed by atoms with Crippen LogP contribution in [-0.2, 0) is 0 Å². The number of benzene rings is 3. The molecule has 0 bridgehead atoms. The van der Waals surface area contributed by atoms with Crippen LogP contribution in [-0.4, -0.2) is 12.1 Å². The van der Waals surface area contributed by atoms with Gasteiger partial charge in [0, 0.05) is 5.56 Å². The number of hydrogen-bond donors (Lipinski definition) is 1. The van der Waals surface area contributed by atoms with Crippen molar-refractivity contribution >= 4 is 46.1 Å². The monoisotopic (exact) mass is 342 g/mol. The fraction of sp³-hybridized carbons (Fsp3) is 0. The van der Waals surface area contributed by atoms with E-state index in [-0.39, 0.29) is 5.91 Å². The highest BCUT2D eigenvalue weighted by Crippen LogP contribution is 2.22. The molecular weight excluding hydrogens is 331 g/mol. The number of hydrazone groups is 1. The van der Waals surface area contributed by atoms with E-state index in [4.69, 9.17) is 23.2 Å². The summed E-state index contributed by atoms with van der Waals surface area (Å²) < 4.78 is 0. The molecule has 3 aromatic rings. The van der Waals surface area contributed by atoms with Crippen molar-refractivity contribution in [3.63, 3.8) is 0 Å². The van der Waals surface area contributed by atoms with Crippen LogP contribution >= 0.6 is 23.2 Å². The lowest BCUT2D eigenvalue weighted by molar-refractivity contribution is 0.0957. The van der Waals surface area contributed by atoms with Crippen LogP contribution in [0.1, 0.15) is 15.9 Å². The number of rotatable bonds is 3. The molecule has 0 saturated heterocycles. The average Bonchev–Trinajstić information content (AvgIpc) is 2.57. The molecule has 5 heteroatoms. The quantitative estimate of drug-likeness (QED) is 0.533. The number of hydrogen-bond acceptors (Lipinski definition) is 2. The molecule has 0 aliphatic carbocycles. The van der Waals surface area contributed by atoms with E-state index in [9.17, 15) is 4.79 Å². The van der Waals surface area contributed by atoms with Gasteiger partial charge in [0.1, 0.15) is 0 Å². The van der Waals surface area contributed by atoms with Crippen molar-refractivity contribution in [3.05, 3.63) is 81.8 Å². The number of nitrogens with one attached hydrogen (secondary N) is 1. The molecular formula is C18H12Cl2N2O. The third-order valence-corrected chi connectivity index (χ3v) is 4.10.